The van der Waals surface area contributed by atoms with Crippen molar-refractivity contribution in [3.8, 4) is 0 Å². The van der Waals surface area contributed by atoms with Crippen molar-refractivity contribution in [2.45, 2.75) is 101 Å². The molecule has 4 amide bonds. The number of ketones is 1. The molecule has 2 aromatic carbocycles. The number of aliphatic hydroxyl groups is 1. The Kier molecular flexibility index (Phi) is 11.3. The second kappa shape index (κ2) is 15.1. The van der Waals surface area contributed by atoms with Gasteiger partial charge in [-0.15, -0.1) is 0 Å². The lowest BCUT2D eigenvalue weighted by atomic mass is 9.94. The van der Waals surface area contributed by atoms with Crippen LogP contribution >= 0.6 is 0 Å². The number of rotatable bonds is 11. The summed E-state index contributed by atoms with van der Waals surface area (Å²) in [6, 6.07) is 15.6. The molecule has 4 rings (SSSR count). The molecule has 0 aromatic heterocycles. The normalized spacial score (nSPS) is 25.2. The lowest BCUT2D eigenvalue weighted by Crippen LogP contribution is -2.65. The minimum absolute atomic E-state index is 0.191. The van der Waals surface area contributed by atoms with Gasteiger partial charge in [-0.05, 0) is 50.2 Å². The van der Waals surface area contributed by atoms with E-state index in [1.807, 2.05) is 36.4 Å². The first-order chi connectivity index (χ1) is 21.1. The minimum atomic E-state index is -1.31. The summed E-state index contributed by atoms with van der Waals surface area (Å²) in [4.78, 5) is 68.5. The predicted molar refractivity (Wildman–Crippen MR) is 165 cm³/mol. The van der Waals surface area contributed by atoms with Gasteiger partial charge >= 0.3 is 0 Å². The summed E-state index contributed by atoms with van der Waals surface area (Å²) in [6.07, 6.45) is 2.62. The number of aliphatic hydroxyl groups excluding tert-OH is 1. The van der Waals surface area contributed by atoms with Crippen LogP contribution in [-0.4, -0.2) is 69.6 Å². The predicted octanol–water partition coefficient (Wildman–Crippen LogP) is 2.74. The number of unbranched alkanes of at least 4 members (excludes halogenated alkanes) is 2. The van der Waals surface area contributed by atoms with Gasteiger partial charge in [-0.2, -0.15) is 0 Å². The van der Waals surface area contributed by atoms with Gasteiger partial charge in [-0.25, -0.2) is 0 Å². The highest BCUT2D eigenvalue weighted by Gasteiger charge is 2.43. The van der Waals surface area contributed by atoms with Gasteiger partial charge in [0.2, 0.25) is 23.6 Å². The van der Waals surface area contributed by atoms with Gasteiger partial charge in [0.15, 0.2) is 5.78 Å². The molecule has 2 saturated heterocycles. The number of Topliss-reactive ketones (excluding diaryl/α,β-unsaturated/α-hetero) is 1. The number of benzene rings is 2. The Hall–Kier alpha value is -4.05. The molecule has 5 atom stereocenters. The molecule has 2 fully saturated rings. The van der Waals surface area contributed by atoms with Crippen LogP contribution in [0.3, 0.4) is 0 Å². The first kappa shape index (κ1) is 32.9. The van der Waals surface area contributed by atoms with Crippen molar-refractivity contribution in [3.05, 3.63) is 71.8 Å². The van der Waals surface area contributed by atoms with E-state index in [-0.39, 0.29) is 36.9 Å². The van der Waals surface area contributed by atoms with Crippen LogP contribution in [0.5, 0.6) is 0 Å². The van der Waals surface area contributed by atoms with Crippen LogP contribution in [0.1, 0.15) is 82.4 Å². The summed E-state index contributed by atoms with van der Waals surface area (Å²) in [5, 5.41) is 19.0. The van der Waals surface area contributed by atoms with E-state index in [2.05, 4.69) is 16.0 Å². The molecule has 2 aromatic rings. The zero-order chi connectivity index (χ0) is 31.7. The van der Waals surface area contributed by atoms with E-state index in [1.54, 1.807) is 38.1 Å². The van der Waals surface area contributed by atoms with E-state index in [1.165, 1.54) is 4.90 Å². The highest BCUT2D eigenvalue weighted by atomic mass is 16.3. The summed E-state index contributed by atoms with van der Waals surface area (Å²) >= 11 is 0. The van der Waals surface area contributed by atoms with Crippen molar-refractivity contribution in [2.24, 2.45) is 0 Å². The minimum Gasteiger partial charge on any atom is -0.381 e. The third-order valence-electron chi connectivity index (χ3n) is 8.80. The number of amides is 4. The van der Waals surface area contributed by atoms with Crippen molar-refractivity contribution in [1.82, 2.24) is 20.9 Å². The average molecular weight is 605 g/mol. The maximum Gasteiger partial charge on any atom is 0.246 e. The summed E-state index contributed by atoms with van der Waals surface area (Å²) in [7, 11) is 0. The Labute approximate surface area is 259 Å². The second-order valence-corrected chi connectivity index (χ2v) is 12.0. The Morgan fingerprint density at radius 2 is 1.61 bits per heavy atom. The molecular weight excluding hydrogens is 560 g/mol. The van der Waals surface area contributed by atoms with Crippen LogP contribution in [0.15, 0.2) is 60.7 Å². The Bertz CT molecular complexity index is 1320. The summed E-state index contributed by atoms with van der Waals surface area (Å²) < 4.78 is 0. The maximum atomic E-state index is 13.8. The molecule has 0 bridgehead atoms. The van der Waals surface area contributed by atoms with Crippen molar-refractivity contribution in [2.75, 3.05) is 6.54 Å². The molecule has 0 radical (unpaired) electrons. The van der Waals surface area contributed by atoms with Gasteiger partial charge in [0.05, 0.1) is 0 Å². The van der Waals surface area contributed by atoms with E-state index in [0.29, 0.717) is 50.6 Å². The number of carbonyl (C=O) groups excluding carboxylic acids is 5. The first-order valence-corrected chi connectivity index (χ1v) is 15.7. The van der Waals surface area contributed by atoms with Crippen molar-refractivity contribution < 1.29 is 29.1 Å². The third-order valence-corrected chi connectivity index (χ3v) is 8.80. The van der Waals surface area contributed by atoms with Gasteiger partial charge in [-0.3, -0.25) is 24.0 Å². The Morgan fingerprint density at radius 1 is 0.932 bits per heavy atom. The quantitative estimate of drug-likeness (QED) is 0.290. The average Bonchev–Trinajstić information content (AvgIpc) is 3.53. The lowest BCUT2D eigenvalue weighted by molar-refractivity contribution is -0.144. The molecule has 2 aliphatic heterocycles. The zero-order valence-corrected chi connectivity index (χ0v) is 25.6. The van der Waals surface area contributed by atoms with E-state index in [9.17, 15) is 29.1 Å². The number of carbonyl (C=O) groups is 5. The topological polar surface area (TPSA) is 145 Å². The fourth-order valence-corrected chi connectivity index (χ4v) is 5.85. The smallest absolute Gasteiger partial charge is 0.246 e. The Morgan fingerprint density at radius 3 is 2.30 bits per heavy atom. The molecule has 0 aliphatic carbocycles. The molecule has 0 saturated carbocycles. The summed E-state index contributed by atoms with van der Waals surface area (Å²) in [5.41, 5.74) is 0.120. The lowest BCUT2D eigenvalue weighted by Gasteiger charge is -2.36. The molecule has 4 N–H and O–H groups in total. The number of nitrogens with one attached hydrogen (secondary N) is 3. The highest BCUT2D eigenvalue weighted by Crippen LogP contribution is 2.23. The van der Waals surface area contributed by atoms with Gasteiger partial charge in [-0.1, -0.05) is 80.4 Å². The second-order valence-electron chi connectivity index (χ2n) is 12.0. The summed E-state index contributed by atoms with van der Waals surface area (Å²) in [6.45, 7) is 3.80. The molecular formula is C34H44N4O6. The Balaban J connectivity index is 1.44. The molecule has 0 unspecified atom stereocenters. The van der Waals surface area contributed by atoms with Gasteiger partial charge in [0.1, 0.15) is 29.8 Å². The number of hydrogen-bond donors (Lipinski definition) is 4. The van der Waals surface area contributed by atoms with Crippen LogP contribution in [0.4, 0.5) is 0 Å². The molecule has 10 heteroatoms. The van der Waals surface area contributed by atoms with Crippen LogP contribution in [0.25, 0.3) is 0 Å². The van der Waals surface area contributed by atoms with Crippen molar-refractivity contribution >= 4 is 29.4 Å². The molecule has 2 heterocycles. The van der Waals surface area contributed by atoms with Crippen LogP contribution in [-0.2, 0) is 30.4 Å². The van der Waals surface area contributed by atoms with E-state index in [4.69, 9.17) is 0 Å². The fourth-order valence-electron chi connectivity index (χ4n) is 5.85. The standard InChI is InChI=1S/C34H44N4O6/c1-3-34(2)33(44)36-26(22-23-14-7-4-8-15-23)32(43)38-21-13-19-27(38)31(42)35-25(30(41)37-34)18-11-6-12-20-28(39)29(40)24-16-9-5-10-17-24/h4-5,7-10,14-17,25-27,29,40H,3,6,11-13,18-22H2,1-2H3,(H,35,42)(H,36,44)(H,37,41)/t25-,26-,27+,29+,34+/m0/s1. The van der Waals surface area contributed by atoms with Crippen molar-refractivity contribution in [3.63, 3.8) is 0 Å². The third kappa shape index (κ3) is 8.11. The van der Waals surface area contributed by atoms with Gasteiger partial charge in [0.25, 0.3) is 0 Å². The highest BCUT2D eigenvalue weighted by molar-refractivity contribution is 5.99. The molecule has 2 aliphatic rings. The molecule has 236 valence electrons. The van der Waals surface area contributed by atoms with Gasteiger partial charge < -0.3 is 26.0 Å². The van der Waals surface area contributed by atoms with E-state index < -0.39 is 41.6 Å². The largest absolute Gasteiger partial charge is 0.381 e. The fraction of sp³-hybridized carbons (Fsp3) is 0.500. The molecule has 0 spiro atoms. The summed E-state index contributed by atoms with van der Waals surface area (Å²) in [5.74, 6) is -1.90. The first-order valence-electron chi connectivity index (χ1n) is 15.7. The van der Waals surface area contributed by atoms with Crippen LogP contribution in [0.2, 0.25) is 0 Å². The number of hydrogen-bond acceptors (Lipinski definition) is 6. The zero-order valence-electron chi connectivity index (χ0n) is 25.6. The number of nitrogens with zero attached hydrogens (tertiary/aromatic N) is 1. The monoisotopic (exact) mass is 604 g/mol. The SMILES string of the molecule is CC[C@@]1(C)NC(=O)[C@H](CCCCCC(=O)[C@H](O)c2ccccc2)NC(=O)[C@H]2CCCN2C(=O)[C@H](Cc2ccccc2)NC1=O. The van der Waals surface area contributed by atoms with E-state index >= 15 is 0 Å². The van der Waals surface area contributed by atoms with E-state index in [0.717, 1.165) is 5.56 Å². The maximum absolute atomic E-state index is 13.8. The van der Waals surface area contributed by atoms with Gasteiger partial charge in [0, 0.05) is 19.4 Å². The molecule has 44 heavy (non-hydrogen) atoms. The van der Waals surface area contributed by atoms with Crippen LogP contribution in [0, 0.1) is 0 Å². The number of fused-ring (bicyclic) bond motifs is 1. The molecule has 10 nitrogen and oxygen atoms in total. The van der Waals surface area contributed by atoms with Crippen molar-refractivity contribution in [1.29, 1.82) is 0 Å². The van der Waals surface area contributed by atoms with Crippen LogP contribution < -0.4 is 16.0 Å².